The SMILES string of the molecule is CC(CC1CCCC2CCCCC21)C1CCCCC1C1CCCCN1. The van der Waals surface area contributed by atoms with E-state index in [0.29, 0.717) is 0 Å². The smallest absolute Gasteiger partial charge is 0.00980 e. The zero-order chi connectivity index (χ0) is 17.1. The van der Waals surface area contributed by atoms with Crippen molar-refractivity contribution < 1.29 is 0 Å². The van der Waals surface area contributed by atoms with Crippen molar-refractivity contribution in [2.24, 2.45) is 35.5 Å². The second-order valence-corrected chi connectivity index (χ2v) is 10.3. The molecule has 0 spiro atoms. The van der Waals surface area contributed by atoms with E-state index >= 15 is 0 Å². The van der Waals surface area contributed by atoms with Crippen molar-refractivity contribution >= 4 is 0 Å². The van der Waals surface area contributed by atoms with Crippen LogP contribution >= 0.6 is 0 Å². The van der Waals surface area contributed by atoms with Crippen LogP contribution in [0.4, 0.5) is 0 Å². The Morgan fingerprint density at radius 2 is 1.44 bits per heavy atom. The highest BCUT2D eigenvalue weighted by molar-refractivity contribution is 4.91. The highest BCUT2D eigenvalue weighted by Crippen LogP contribution is 2.48. The Kier molecular flexibility index (Phi) is 6.43. The average Bonchev–Trinajstić information content (AvgIpc) is 2.69. The van der Waals surface area contributed by atoms with Gasteiger partial charge in [0.15, 0.2) is 0 Å². The Labute approximate surface area is 157 Å². The van der Waals surface area contributed by atoms with Crippen molar-refractivity contribution in [3.05, 3.63) is 0 Å². The van der Waals surface area contributed by atoms with E-state index in [2.05, 4.69) is 12.2 Å². The van der Waals surface area contributed by atoms with Crippen LogP contribution in [-0.2, 0) is 0 Å². The molecular formula is C24H43N. The van der Waals surface area contributed by atoms with Gasteiger partial charge in [-0.2, -0.15) is 0 Å². The molecule has 0 radical (unpaired) electrons. The summed E-state index contributed by atoms with van der Waals surface area (Å²) in [6, 6.07) is 0.857. The highest BCUT2D eigenvalue weighted by Gasteiger charge is 2.39. The molecule has 0 amide bonds. The normalized spacial score (nSPS) is 44.0. The third-order valence-electron chi connectivity index (χ3n) is 8.87. The molecule has 0 aromatic carbocycles. The van der Waals surface area contributed by atoms with Crippen LogP contribution in [0.5, 0.6) is 0 Å². The third-order valence-corrected chi connectivity index (χ3v) is 8.87. The monoisotopic (exact) mass is 345 g/mol. The van der Waals surface area contributed by atoms with Gasteiger partial charge in [0, 0.05) is 6.04 Å². The van der Waals surface area contributed by atoms with Crippen LogP contribution in [0.2, 0.25) is 0 Å². The Bertz CT molecular complexity index is 397. The van der Waals surface area contributed by atoms with E-state index in [0.717, 1.165) is 41.5 Å². The van der Waals surface area contributed by atoms with E-state index in [4.69, 9.17) is 0 Å². The fourth-order valence-electron chi connectivity index (χ4n) is 7.66. The fourth-order valence-corrected chi connectivity index (χ4v) is 7.66. The summed E-state index contributed by atoms with van der Waals surface area (Å²) in [7, 11) is 0. The van der Waals surface area contributed by atoms with Gasteiger partial charge in [-0.05, 0) is 80.6 Å². The van der Waals surface area contributed by atoms with E-state index < -0.39 is 0 Å². The fraction of sp³-hybridized carbons (Fsp3) is 1.00. The van der Waals surface area contributed by atoms with Crippen LogP contribution < -0.4 is 5.32 Å². The molecule has 25 heavy (non-hydrogen) atoms. The first-order chi connectivity index (χ1) is 12.3. The summed E-state index contributed by atoms with van der Waals surface area (Å²) in [6.45, 7) is 3.94. The summed E-state index contributed by atoms with van der Waals surface area (Å²) >= 11 is 0. The Morgan fingerprint density at radius 3 is 2.28 bits per heavy atom. The number of rotatable bonds is 4. The molecule has 1 heterocycles. The van der Waals surface area contributed by atoms with Crippen LogP contribution in [0.25, 0.3) is 0 Å². The molecule has 1 aliphatic heterocycles. The van der Waals surface area contributed by atoms with E-state index in [1.165, 1.54) is 70.8 Å². The maximum atomic E-state index is 3.92. The highest BCUT2D eigenvalue weighted by atomic mass is 14.9. The van der Waals surface area contributed by atoms with Crippen LogP contribution in [0.3, 0.4) is 0 Å². The van der Waals surface area contributed by atoms with Crippen LogP contribution in [0.15, 0.2) is 0 Å². The molecule has 7 unspecified atom stereocenters. The second-order valence-electron chi connectivity index (χ2n) is 10.3. The molecule has 1 nitrogen and oxygen atoms in total. The number of hydrogen-bond acceptors (Lipinski definition) is 1. The minimum atomic E-state index is 0.857. The van der Waals surface area contributed by atoms with Gasteiger partial charge in [-0.1, -0.05) is 64.7 Å². The largest absolute Gasteiger partial charge is 0.314 e. The minimum absolute atomic E-state index is 0.857. The van der Waals surface area contributed by atoms with Crippen molar-refractivity contribution in [1.82, 2.24) is 5.32 Å². The van der Waals surface area contributed by atoms with Crippen molar-refractivity contribution in [1.29, 1.82) is 0 Å². The predicted molar refractivity (Wildman–Crippen MR) is 108 cm³/mol. The van der Waals surface area contributed by atoms with Gasteiger partial charge in [0.2, 0.25) is 0 Å². The van der Waals surface area contributed by atoms with Crippen molar-refractivity contribution in [2.75, 3.05) is 6.54 Å². The van der Waals surface area contributed by atoms with E-state index in [-0.39, 0.29) is 0 Å². The first kappa shape index (κ1) is 18.3. The topological polar surface area (TPSA) is 12.0 Å². The summed E-state index contributed by atoms with van der Waals surface area (Å²) in [5, 5.41) is 3.92. The molecular weight excluding hydrogens is 302 g/mol. The lowest BCUT2D eigenvalue weighted by Crippen LogP contribution is -2.45. The summed E-state index contributed by atoms with van der Waals surface area (Å²) < 4.78 is 0. The maximum absolute atomic E-state index is 3.92. The molecule has 4 aliphatic rings. The lowest BCUT2D eigenvalue weighted by atomic mass is 9.61. The second kappa shape index (κ2) is 8.77. The van der Waals surface area contributed by atoms with Gasteiger partial charge in [-0.25, -0.2) is 0 Å². The van der Waals surface area contributed by atoms with Gasteiger partial charge < -0.3 is 5.32 Å². The van der Waals surface area contributed by atoms with Crippen LogP contribution in [-0.4, -0.2) is 12.6 Å². The molecule has 4 fully saturated rings. The van der Waals surface area contributed by atoms with Crippen molar-refractivity contribution in [2.45, 2.75) is 109 Å². The molecule has 1 saturated heterocycles. The summed E-state index contributed by atoms with van der Waals surface area (Å²) in [5.74, 6) is 6.29. The lowest BCUT2D eigenvalue weighted by molar-refractivity contribution is 0.0554. The molecule has 4 rings (SSSR count). The third kappa shape index (κ3) is 4.28. The first-order valence-electron chi connectivity index (χ1n) is 12.1. The predicted octanol–water partition coefficient (Wildman–Crippen LogP) is 6.57. The number of piperidine rings is 1. The minimum Gasteiger partial charge on any atom is -0.314 e. The summed E-state index contributed by atoms with van der Waals surface area (Å²) in [4.78, 5) is 0. The number of hydrogen-bond donors (Lipinski definition) is 1. The number of fused-ring (bicyclic) bond motifs is 1. The van der Waals surface area contributed by atoms with Gasteiger partial charge in [-0.3, -0.25) is 0 Å². The molecule has 7 atom stereocenters. The Balaban J connectivity index is 1.38. The average molecular weight is 346 g/mol. The molecule has 0 bridgehead atoms. The first-order valence-corrected chi connectivity index (χ1v) is 12.1. The molecule has 3 aliphatic carbocycles. The lowest BCUT2D eigenvalue weighted by Gasteiger charge is -2.46. The summed E-state index contributed by atoms with van der Waals surface area (Å²) in [6.07, 6.45) is 22.8. The molecule has 1 heteroatoms. The van der Waals surface area contributed by atoms with Gasteiger partial charge in [0.05, 0.1) is 0 Å². The van der Waals surface area contributed by atoms with Crippen LogP contribution in [0.1, 0.15) is 103 Å². The molecule has 0 aromatic heterocycles. The Morgan fingerprint density at radius 1 is 0.720 bits per heavy atom. The van der Waals surface area contributed by atoms with Crippen molar-refractivity contribution in [3.8, 4) is 0 Å². The molecule has 1 N–H and O–H groups in total. The molecule has 0 aromatic rings. The van der Waals surface area contributed by atoms with Gasteiger partial charge in [0.25, 0.3) is 0 Å². The van der Waals surface area contributed by atoms with Crippen LogP contribution in [0, 0.1) is 35.5 Å². The molecule has 3 saturated carbocycles. The van der Waals surface area contributed by atoms with E-state index in [1.807, 2.05) is 0 Å². The summed E-state index contributed by atoms with van der Waals surface area (Å²) in [5.41, 5.74) is 0. The van der Waals surface area contributed by atoms with E-state index in [9.17, 15) is 0 Å². The zero-order valence-electron chi connectivity index (χ0n) is 16.9. The molecule has 144 valence electrons. The number of nitrogens with one attached hydrogen (secondary N) is 1. The van der Waals surface area contributed by atoms with E-state index in [1.54, 1.807) is 32.1 Å². The van der Waals surface area contributed by atoms with Gasteiger partial charge in [0.1, 0.15) is 0 Å². The standard InChI is InChI=1S/C24H43N/c1-18(17-20-11-8-10-19-9-2-3-13-22(19)20)21-12-4-5-14-23(21)24-15-6-7-16-25-24/h18-25H,2-17H2,1H3. The van der Waals surface area contributed by atoms with Gasteiger partial charge in [-0.15, -0.1) is 0 Å². The van der Waals surface area contributed by atoms with Crippen molar-refractivity contribution in [3.63, 3.8) is 0 Å². The quantitative estimate of drug-likeness (QED) is 0.607. The van der Waals surface area contributed by atoms with Gasteiger partial charge >= 0.3 is 0 Å². The maximum Gasteiger partial charge on any atom is 0.00980 e. The Hall–Kier alpha value is -0.0400. The zero-order valence-corrected chi connectivity index (χ0v) is 16.9.